The molecule has 0 bridgehead atoms. The highest BCUT2D eigenvalue weighted by Gasteiger charge is 2.26. The van der Waals surface area contributed by atoms with E-state index in [-0.39, 0.29) is 18.0 Å². The second kappa shape index (κ2) is 8.99. The fraction of sp³-hybridized carbons (Fsp3) is 0.500. The highest BCUT2D eigenvalue weighted by molar-refractivity contribution is 6.31. The van der Waals surface area contributed by atoms with Crippen molar-refractivity contribution < 1.29 is 14.3 Å². The van der Waals surface area contributed by atoms with Crippen LogP contribution in [0.4, 0.5) is 10.6 Å². The number of anilines is 1. The zero-order valence-corrected chi connectivity index (χ0v) is 17.9. The number of fused-ring (bicyclic) bond motifs is 1. The lowest BCUT2D eigenvalue weighted by Gasteiger charge is -2.29. The van der Waals surface area contributed by atoms with Gasteiger partial charge in [-0.05, 0) is 82.7 Å². The Hall–Kier alpha value is -2.34. The molecule has 1 aromatic heterocycles. The van der Waals surface area contributed by atoms with Crippen molar-refractivity contribution in [2.45, 2.75) is 64.5 Å². The number of ether oxygens (including phenoxy) is 1. The number of nitrogens with zero attached hydrogens (tertiary/aromatic N) is 1. The van der Waals surface area contributed by atoms with Crippen LogP contribution >= 0.6 is 11.6 Å². The van der Waals surface area contributed by atoms with E-state index in [0.717, 1.165) is 36.6 Å². The number of nitrogens with one attached hydrogen (secondary N) is 2. The van der Waals surface area contributed by atoms with Crippen molar-refractivity contribution >= 4 is 40.3 Å². The van der Waals surface area contributed by atoms with Crippen molar-refractivity contribution in [1.29, 1.82) is 0 Å². The average Bonchev–Trinajstić information content (AvgIpc) is 2.62. The minimum Gasteiger partial charge on any atom is -0.444 e. The molecular weight excluding hydrogens is 390 g/mol. The number of alkyl carbamates (subject to hydrolysis) is 1. The molecule has 0 radical (unpaired) electrons. The highest BCUT2D eigenvalue weighted by atomic mass is 35.5. The smallest absolute Gasteiger partial charge is 0.407 e. The normalized spacial score (nSPS) is 19.6. The van der Waals surface area contributed by atoms with Gasteiger partial charge in [0, 0.05) is 22.9 Å². The molecule has 1 heterocycles. The Morgan fingerprint density at radius 2 is 1.86 bits per heavy atom. The summed E-state index contributed by atoms with van der Waals surface area (Å²) in [6.07, 6.45) is 3.59. The Kier molecular flexibility index (Phi) is 6.63. The summed E-state index contributed by atoms with van der Waals surface area (Å²) in [6, 6.07) is 9.27. The van der Waals surface area contributed by atoms with Crippen LogP contribution in [-0.2, 0) is 9.53 Å². The van der Waals surface area contributed by atoms with Gasteiger partial charge in [-0.2, -0.15) is 0 Å². The number of pyridine rings is 1. The second-order valence-electron chi connectivity index (χ2n) is 8.65. The lowest BCUT2D eigenvalue weighted by Crippen LogP contribution is -2.41. The fourth-order valence-electron chi connectivity index (χ4n) is 3.61. The predicted octanol–water partition coefficient (Wildman–Crippen LogP) is 5.30. The van der Waals surface area contributed by atoms with Crippen molar-refractivity contribution in [2.75, 3.05) is 5.32 Å². The van der Waals surface area contributed by atoms with Gasteiger partial charge in [0.1, 0.15) is 11.4 Å². The van der Waals surface area contributed by atoms with Gasteiger partial charge in [0.2, 0.25) is 5.91 Å². The van der Waals surface area contributed by atoms with Crippen LogP contribution in [0.3, 0.4) is 0 Å². The molecule has 1 aliphatic carbocycles. The summed E-state index contributed by atoms with van der Waals surface area (Å²) >= 11 is 5.99. The molecule has 6 nitrogen and oxygen atoms in total. The Morgan fingerprint density at radius 3 is 2.55 bits per heavy atom. The minimum absolute atomic E-state index is 0.0330. The number of benzene rings is 1. The van der Waals surface area contributed by atoms with Gasteiger partial charge < -0.3 is 15.4 Å². The molecule has 1 fully saturated rings. The molecule has 156 valence electrons. The quantitative estimate of drug-likeness (QED) is 0.707. The molecule has 0 saturated heterocycles. The van der Waals surface area contributed by atoms with Crippen LogP contribution in [0.15, 0.2) is 30.3 Å². The number of hydrogen-bond donors (Lipinski definition) is 2. The number of halogens is 1. The van der Waals surface area contributed by atoms with Crippen LogP contribution in [0.2, 0.25) is 5.02 Å². The van der Waals surface area contributed by atoms with Crippen molar-refractivity contribution in [3.63, 3.8) is 0 Å². The van der Waals surface area contributed by atoms with Gasteiger partial charge in [-0.3, -0.25) is 4.79 Å². The molecule has 1 aromatic carbocycles. The molecule has 2 amide bonds. The molecule has 0 atom stereocenters. The van der Waals surface area contributed by atoms with Crippen molar-refractivity contribution in [3.05, 3.63) is 35.4 Å². The standard InChI is InChI=1S/C22H28ClN3O3/c1-22(2,3)29-21(28)24-17-8-4-14(5-9-17)12-20(27)26-19-11-6-15-13-16(23)7-10-18(15)25-19/h6-7,10-11,13-14,17H,4-5,8-9,12H2,1-3H3,(H,24,28)(H,25,26,27)/t14-,17-. The average molecular weight is 418 g/mol. The highest BCUT2D eigenvalue weighted by Crippen LogP contribution is 2.28. The summed E-state index contributed by atoms with van der Waals surface area (Å²) in [5.41, 5.74) is 0.295. The number of amides is 2. The summed E-state index contributed by atoms with van der Waals surface area (Å²) < 4.78 is 5.31. The first-order valence-electron chi connectivity index (χ1n) is 10.0. The molecule has 1 aliphatic rings. The van der Waals surface area contributed by atoms with E-state index in [2.05, 4.69) is 15.6 Å². The zero-order chi connectivity index (χ0) is 21.0. The number of rotatable bonds is 4. The predicted molar refractivity (Wildman–Crippen MR) is 115 cm³/mol. The van der Waals surface area contributed by atoms with Crippen LogP contribution in [-0.4, -0.2) is 28.6 Å². The summed E-state index contributed by atoms with van der Waals surface area (Å²) in [7, 11) is 0. The van der Waals surface area contributed by atoms with Gasteiger partial charge in [-0.25, -0.2) is 9.78 Å². The molecule has 0 aliphatic heterocycles. The van der Waals surface area contributed by atoms with E-state index < -0.39 is 5.60 Å². The summed E-state index contributed by atoms with van der Waals surface area (Å²) in [5.74, 6) is 0.824. The summed E-state index contributed by atoms with van der Waals surface area (Å²) in [6.45, 7) is 5.55. The maximum absolute atomic E-state index is 12.4. The van der Waals surface area contributed by atoms with Crippen molar-refractivity contribution in [2.24, 2.45) is 5.92 Å². The molecule has 29 heavy (non-hydrogen) atoms. The Morgan fingerprint density at radius 1 is 1.14 bits per heavy atom. The largest absolute Gasteiger partial charge is 0.444 e. The van der Waals surface area contributed by atoms with Gasteiger partial charge in [0.15, 0.2) is 0 Å². The molecule has 1 saturated carbocycles. The number of carbonyl (C=O) groups excluding carboxylic acids is 2. The SMILES string of the molecule is CC(C)(C)OC(=O)N[C@H]1CC[C@H](CC(=O)Nc2ccc3cc(Cl)ccc3n2)CC1. The fourth-order valence-corrected chi connectivity index (χ4v) is 3.79. The first kappa shape index (κ1) is 21.4. The topological polar surface area (TPSA) is 80.3 Å². The second-order valence-corrected chi connectivity index (χ2v) is 9.09. The molecule has 3 rings (SSSR count). The monoisotopic (exact) mass is 417 g/mol. The van der Waals surface area contributed by atoms with E-state index in [4.69, 9.17) is 16.3 Å². The lowest BCUT2D eigenvalue weighted by atomic mass is 9.84. The van der Waals surface area contributed by atoms with E-state index in [1.807, 2.05) is 39.0 Å². The van der Waals surface area contributed by atoms with Gasteiger partial charge in [-0.1, -0.05) is 11.6 Å². The summed E-state index contributed by atoms with van der Waals surface area (Å²) in [5, 5.41) is 7.42. The van der Waals surface area contributed by atoms with Gasteiger partial charge in [0.25, 0.3) is 0 Å². The van der Waals surface area contributed by atoms with Crippen LogP contribution < -0.4 is 10.6 Å². The number of hydrogen-bond acceptors (Lipinski definition) is 4. The van der Waals surface area contributed by atoms with E-state index >= 15 is 0 Å². The van der Waals surface area contributed by atoms with Crippen LogP contribution in [0.5, 0.6) is 0 Å². The van der Waals surface area contributed by atoms with Crippen LogP contribution in [0, 0.1) is 5.92 Å². The maximum Gasteiger partial charge on any atom is 0.407 e. The van der Waals surface area contributed by atoms with E-state index in [0.29, 0.717) is 23.2 Å². The van der Waals surface area contributed by atoms with Gasteiger partial charge in [-0.15, -0.1) is 0 Å². The molecule has 2 aromatic rings. The lowest BCUT2D eigenvalue weighted by molar-refractivity contribution is -0.117. The Balaban J connectivity index is 1.45. The first-order valence-corrected chi connectivity index (χ1v) is 10.4. The van der Waals surface area contributed by atoms with Crippen molar-refractivity contribution in [3.8, 4) is 0 Å². The third kappa shape index (κ3) is 6.60. The van der Waals surface area contributed by atoms with Crippen LogP contribution in [0.25, 0.3) is 10.9 Å². The zero-order valence-electron chi connectivity index (χ0n) is 17.1. The van der Waals surface area contributed by atoms with Gasteiger partial charge >= 0.3 is 6.09 Å². The molecule has 2 N–H and O–H groups in total. The molecular formula is C22H28ClN3O3. The minimum atomic E-state index is -0.498. The molecule has 0 unspecified atom stereocenters. The molecule has 0 spiro atoms. The summed E-state index contributed by atoms with van der Waals surface area (Å²) in [4.78, 5) is 28.8. The van der Waals surface area contributed by atoms with Gasteiger partial charge in [0.05, 0.1) is 5.52 Å². The van der Waals surface area contributed by atoms with E-state index in [9.17, 15) is 9.59 Å². The van der Waals surface area contributed by atoms with E-state index in [1.165, 1.54) is 0 Å². The maximum atomic E-state index is 12.4. The molecule has 7 heteroatoms. The van der Waals surface area contributed by atoms with Crippen molar-refractivity contribution in [1.82, 2.24) is 10.3 Å². The van der Waals surface area contributed by atoms with E-state index in [1.54, 1.807) is 12.1 Å². The Labute approximate surface area is 176 Å². The Bertz CT molecular complexity index is 886. The third-order valence-corrected chi connectivity index (χ3v) is 5.20. The third-order valence-electron chi connectivity index (χ3n) is 4.96. The number of aromatic nitrogens is 1. The first-order chi connectivity index (χ1) is 13.7. The number of carbonyl (C=O) groups is 2. The van der Waals surface area contributed by atoms with Crippen LogP contribution in [0.1, 0.15) is 52.9 Å².